The minimum absolute atomic E-state index is 0.367. The van der Waals surface area contributed by atoms with Crippen LogP contribution in [0.4, 0.5) is 5.69 Å². The fourth-order valence-corrected chi connectivity index (χ4v) is 1.47. The van der Waals surface area contributed by atoms with E-state index in [2.05, 4.69) is 26.1 Å². The molecule has 0 aliphatic carbocycles. The largest absolute Gasteiger partial charge is 0.389 e. The number of nitrogens with one attached hydrogen (secondary N) is 1. The Kier molecular flexibility index (Phi) is 4.30. The zero-order valence-electron chi connectivity index (χ0n) is 10.2. The summed E-state index contributed by atoms with van der Waals surface area (Å²) in [5.74, 6) is 0. The molecule has 0 heterocycles. The molecule has 0 saturated carbocycles. The van der Waals surface area contributed by atoms with Crippen LogP contribution in [-0.2, 0) is 0 Å². The maximum absolute atomic E-state index is 5.53. The van der Waals surface area contributed by atoms with Crippen molar-refractivity contribution in [2.24, 2.45) is 11.1 Å². The molecule has 3 N–H and O–H groups in total. The number of nitrogens with two attached hydrogens (primary N) is 1. The Balaban J connectivity index is 2.47. The van der Waals surface area contributed by atoms with Crippen molar-refractivity contribution in [1.82, 2.24) is 0 Å². The monoisotopic (exact) mass is 236 g/mol. The summed E-state index contributed by atoms with van der Waals surface area (Å²) in [5, 5.41) is 3.38. The smallest absolute Gasteiger partial charge is 0.103 e. The predicted octanol–water partition coefficient (Wildman–Crippen LogP) is 3.17. The minimum atomic E-state index is 0.367. The van der Waals surface area contributed by atoms with Gasteiger partial charge in [0.15, 0.2) is 0 Å². The molecule has 3 heteroatoms. The molecule has 0 spiro atoms. The highest BCUT2D eigenvalue weighted by atomic mass is 32.1. The molecule has 88 valence electrons. The van der Waals surface area contributed by atoms with Gasteiger partial charge in [0.25, 0.3) is 0 Å². The lowest BCUT2D eigenvalue weighted by Crippen LogP contribution is -2.13. The Hall–Kier alpha value is -1.09. The van der Waals surface area contributed by atoms with Gasteiger partial charge in [-0.15, -0.1) is 0 Å². The Labute approximate surface area is 103 Å². The summed E-state index contributed by atoms with van der Waals surface area (Å²) in [6.07, 6.45) is 1.14. The SMILES string of the molecule is CC(C)(C)CCNc1ccc(C(N)=S)cc1. The molecule has 0 aliphatic heterocycles. The molecule has 1 aromatic rings. The van der Waals surface area contributed by atoms with Gasteiger partial charge in [-0.25, -0.2) is 0 Å². The number of rotatable bonds is 4. The van der Waals surface area contributed by atoms with E-state index in [-0.39, 0.29) is 0 Å². The first-order valence-electron chi connectivity index (χ1n) is 5.52. The normalized spacial score (nSPS) is 11.2. The number of hydrogen-bond acceptors (Lipinski definition) is 2. The summed E-state index contributed by atoms with van der Waals surface area (Å²) in [6.45, 7) is 7.70. The van der Waals surface area contributed by atoms with E-state index >= 15 is 0 Å². The summed E-state index contributed by atoms with van der Waals surface area (Å²) < 4.78 is 0. The maximum atomic E-state index is 5.53. The molecule has 0 aliphatic rings. The fourth-order valence-electron chi connectivity index (χ4n) is 1.33. The lowest BCUT2D eigenvalue weighted by Gasteiger charge is -2.18. The van der Waals surface area contributed by atoms with E-state index in [1.807, 2.05) is 24.3 Å². The topological polar surface area (TPSA) is 38.0 Å². The summed E-state index contributed by atoms with van der Waals surface area (Å²) >= 11 is 4.90. The molecular weight excluding hydrogens is 216 g/mol. The summed E-state index contributed by atoms with van der Waals surface area (Å²) in [4.78, 5) is 0.446. The van der Waals surface area contributed by atoms with Crippen LogP contribution in [0.3, 0.4) is 0 Å². The molecule has 0 amide bonds. The van der Waals surface area contributed by atoms with E-state index < -0.39 is 0 Å². The Morgan fingerprint density at radius 1 is 1.25 bits per heavy atom. The van der Waals surface area contributed by atoms with Gasteiger partial charge in [0.05, 0.1) is 0 Å². The average Bonchev–Trinajstić information content (AvgIpc) is 2.16. The van der Waals surface area contributed by atoms with Gasteiger partial charge >= 0.3 is 0 Å². The predicted molar refractivity (Wildman–Crippen MR) is 74.9 cm³/mol. The molecule has 1 rings (SSSR count). The Morgan fingerprint density at radius 3 is 2.25 bits per heavy atom. The molecular formula is C13H20N2S. The van der Waals surface area contributed by atoms with Crippen molar-refractivity contribution in [2.75, 3.05) is 11.9 Å². The highest BCUT2D eigenvalue weighted by molar-refractivity contribution is 7.80. The van der Waals surface area contributed by atoms with Crippen LogP contribution in [0.2, 0.25) is 0 Å². The number of anilines is 1. The van der Waals surface area contributed by atoms with Gasteiger partial charge in [0, 0.05) is 17.8 Å². The lowest BCUT2D eigenvalue weighted by molar-refractivity contribution is 0.390. The van der Waals surface area contributed by atoms with E-state index in [1.54, 1.807) is 0 Å². The summed E-state index contributed by atoms with van der Waals surface area (Å²) in [6, 6.07) is 7.91. The quantitative estimate of drug-likeness (QED) is 0.789. The van der Waals surface area contributed by atoms with Crippen LogP contribution in [-0.4, -0.2) is 11.5 Å². The zero-order chi connectivity index (χ0) is 12.2. The average molecular weight is 236 g/mol. The molecule has 16 heavy (non-hydrogen) atoms. The van der Waals surface area contributed by atoms with Gasteiger partial charge in [-0.05, 0) is 36.1 Å². The maximum Gasteiger partial charge on any atom is 0.103 e. The van der Waals surface area contributed by atoms with Crippen LogP contribution in [0.15, 0.2) is 24.3 Å². The third-order valence-corrected chi connectivity index (χ3v) is 2.61. The molecule has 0 aromatic heterocycles. The molecule has 0 fully saturated rings. The standard InChI is InChI=1S/C13H20N2S/c1-13(2,3)8-9-15-11-6-4-10(5-7-11)12(14)16/h4-7,15H,8-9H2,1-3H3,(H2,14,16). The molecule has 0 saturated heterocycles. The van der Waals surface area contributed by atoms with E-state index in [0.717, 1.165) is 24.2 Å². The first-order chi connectivity index (χ1) is 7.38. The molecule has 0 radical (unpaired) electrons. The van der Waals surface area contributed by atoms with Crippen LogP contribution < -0.4 is 11.1 Å². The first-order valence-corrected chi connectivity index (χ1v) is 5.93. The Bertz CT molecular complexity index is 349. The van der Waals surface area contributed by atoms with Crippen molar-refractivity contribution < 1.29 is 0 Å². The van der Waals surface area contributed by atoms with Gasteiger partial charge in [-0.3, -0.25) is 0 Å². The third-order valence-electron chi connectivity index (χ3n) is 2.37. The van der Waals surface area contributed by atoms with Crippen LogP contribution in [0, 0.1) is 5.41 Å². The van der Waals surface area contributed by atoms with Gasteiger partial charge in [-0.1, -0.05) is 33.0 Å². The zero-order valence-corrected chi connectivity index (χ0v) is 11.0. The van der Waals surface area contributed by atoms with Crippen molar-refractivity contribution in [2.45, 2.75) is 27.2 Å². The lowest BCUT2D eigenvalue weighted by atomic mass is 9.92. The van der Waals surface area contributed by atoms with Crippen LogP contribution >= 0.6 is 12.2 Å². The second kappa shape index (κ2) is 5.30. The van der Waals surface area contributed by atoms with Crippen molar-refractivity contribution in [3.05, 3.63) is 29.8 Å². The van der Waals surface area contributed by atoms with Gasteiger partial charge in [-0.2, -0.15) is 0 Å². The van der Waals surface area contributed by atoms with Gasteiger partial charge in [0.1, 0.15) is 4.99 Å². The fraction of sp³-hybridized carbons (Fsp3) is 0.462. The van der Waals surface area contributed by atoms with Crippen molar-refractivity contribution >= 4 is 22.9 Å². The molecule has 2 nitrogen and oxygen atoms in total. The second-order valence-corrected chi connectivity index (χ2v) is 5.62. The summed E-state index contributed by atoms with van der Waals surface area (Å²) in [5.41, 5.74) is 7.93. The van der Waals surface area contributed by atoms with E-state index in [0.29, 0.717) is 10.4 Å². The molecule has 1 aromatic carbocycles. The highest BCUT2D eigenvalue weighted by Crippen LogP contribution is 2.18. The number of hydrogen-bond donors (Lipinski definition) is 2. The third kappa shape index (κ3) is 4.62. The van der Waals surface area contributed by atoms with E-state index in [1.165, 1.54) is 0 Å². The summed E-state index contributed by atoms with van der Waals surface area (Å²) in [7, 11) is 0. The van der Waals surface area contributed by atoms with Crippen LogP contribution in [0.25, 0.3) is 0 Å². The minimum Gasteiger partial charge on any atom is -0.389 e. The second-order valence-electron chi connectivity index (χ2n) is 5.18. The highest BCUT2D eigenvalue weighted by Gasteiger charge is 2.08. The molecule has 0 atom stereocenters. The van der Waals surface area contributed by atoms with Gasteiger partial charge in [0.2, 0.25) is 0 Å². The number of benzene rings is 1. The van der Waals surface area contributed by atoms with Crippen molar-refractivity contribution in [3.8, 4) is 0 Å². The van der Waals surface area contributed by atoms with Gasteiger partial charge < -0.3 is 11.1 Å². The van der Waals surface area contributed by atoms with Crippen LogP contribution in [0.1, 0.15) is 32.8 Å². The van der Waals surface area contributed by atoms with Crippen molar-refractivity contribution in [3.63, 3.8) is 0 Å². The van der Waals surface area contributed by atoms with E-state index in [9.17, 15) is 0 Å². The number of thiocarbonyl (C=S) groups is 1. The Morgan fingerprint density at radius 2 is 1.81 bits per heavy atom. The van der Waals surface area contributed by atoms with Crippen molar-refractivity contribution in [1.29, 1.82) is 0 Å². The van der Waals surface area contributed by atoms with Crippen LogP contribution in [0.5, 0.6) is 0 Å². The molecule has 0 unspecified atom stereocenters. The molecule has 0 bridgehead atoms. The van der Waals surface area contributed by atoms with E-state index in [4.69, 9.17) is 18.0 Å². The first kappa shape index (κ1) is 13.0.